The largest absolute Gasteiger partial charge is 0.462 e. The van der Waals surface area contributed by atoms with Crippen molar-refractivity contribution >= 4 is 21.7 Å². The molecule has 4 rings (SSSR count). The molecule has 0 aliphatic carbocycles. The maximum Gasteiger partial charge on any atom is 0.335 e. The van der Waals surface area contributed by atoms with E-state index in [9.17, 15) is 13.2 Å². The molecule has 6 heteroatoms. The van der Waals surface area contributed by atoms with Gasteiger partial charge in [0.05, 0.1) is 28.8 Å². The van der Waals surface area contributed by atoms with Crippen LogP contribution < -0.4 is 0 Å². The number of nitrogens with zero attached hydrogens (tertiary/aromatic N) is 1. The number of ether oxygens (including phenoxy) is 1. The molecule has 0 amide bonds. The summed E-state index contributed by atoms with van der Waals surface area (Å²) in [5, 5.41) is 0. The van der Waals surface area contributed by atoms with Gasteiger partial charge in [-0.25, -0.2) is 13.2 Å². The Kier molecular flexibility index (Phi) is 7.75. The highest BCUT2D eigenvalue weighted by atomic mass is 32.2. The quantitative estimate of drug-likeness (QED) is 0.202. The Morgan fingerprint density at radius 1 is 0.944 bits per heavy atom. The number of unbranched alkanes of at least 4 members (excludes halogenated alkanes) is 1. The maximum atomic E-state index is 14.2. The van der Waals surface area contributed by atoms with Crippen LogP contribution in [0.15, 0.2) is 108 Å². The molecule has 0 saturated heterocycles. The van der Waals surface area contributed by atoms with E-state index in [1.54, 1.807) is 24.3 Å². The lowest BCUT2D eigenvalue weighted by Crippen LogP contribution is -2.41. The van der Waals surface area contributed by atoms with E-state index >= 15 is 0 Å². The molecule has 0 spiro atoms. The highest BCUT2D eigenvalue weighted by Gasteiger charge is 2.46. The van der Waals surface area contributed by atoms with Gasteiger partial charge in [0.25, 0.3) is 10.0 Å². The van der Waals surface area contributed by atoms with Gasteiger partial charge in [-0.2, -0.15) is 0 Å². The molecule has 0 N–H and O–H groups in total. The lowest BCUT2D eigenvalue weighted by Gasteiger charge is -2.32. The second-order valence-corrected chi connectivity index (χ2v) is 10.7. The normalized spacial score (nSPS) is 17.5. The summed E-state index contributed by atoms with van der Waals surface area (Å²) in [6.07, 6.45) is 3.53. The first kappa shape index (κ1) is 25.5. The van der Waals surface area contributed by atoms with Crippen LogP contribution in [0.25, 0.3) is 5.70 Å². The lowest BCUT2D eigenvalue weighted by atomic mass is 9.89. The number of carbonyl (C=O) groups excluding carboxylic acids is 1. The van der Waals surface area contributed by atoms with Crippen LogP contribution in [0.1, 0.15) is 42.4 Å². The third-order valence-electron chi connectivity index (χ3n) is 6.35. The molecule has 0 saturated carbocycles. The van der Waals surface area contributed by atoms with E-state index in [4.69, 9.17) is 4.74 Å². The van der Waals surface area contributed by atoms with Gasteiger partial charge in [-0.05, 0) is 42.7 Å². The third-order valence-corrected chi connectivity index (χ3v) is 8.16. The summed E-state index contributed by atoms with van der Waals surface area (Å²) in [6.45, 7) is 8.26. The van der Waals surface area contributed by atoms with Crippen molar-refractivity contribution in [3.63, 3.8) is 0 Å². The van der Waals surface area contributed by atoms with Crippen molar-refractivity contribution in [3.05, 3.63) is 120 Å². The van der Waals surface area contributed by atoms with Crippen LogP contribution in [0.4, 0.5) is 0 Å². The molecule has 1 heterocycles. The van der Waals surface area contributed by atoms with Gasteiger partial charge >= 0.3 is 5.97 Å². The van der Waals surface area contributed by atoms with Crippen LogP contribution in [-0.2, 0) is 19.6 Å². The zero-order valence-electron chi connectivity index (χ0n) is 20.6. The molecule has 5 nitrogen and oxygen atoms in total. The topological polar surface area (TPSA) is 63.7 Å². The smallest absolute Gasteiger partial charge is 0.335 e. The number of sulfonamides is 1. The number of aryl methyl sites for hydroxylation is 1. The van der Waals surface area contributed by atoms with E-state index in [0.717, 1.165) is 29.5 Å². The van der Waals surface area contributed by atoms with Crippen LogP contribution in [0, 0.1) is 6.92 Å². The van der Waals surface area contributed by atoms with E-state index in [1.807, 2.05) is 80.6 Å². The molecule has 0 radical (unpaired) electrons. The molecule has 0 unspecified atom stereocenters. The summed E-state index contributed by atoms with van der Waals surface area (Å²) >= 11 is 0. The Hall–Kier alpha value is -3.64. The van der Waals surface area contributed by atoms with E-state index in [-0.39, 0.29) is 17.1 Å². The van der Waals surface area contributed by atoms with E-state index in [1.165, 1.54) is 4.31 Å². The molecule has 2 atom stereocenters. The molecule has 0 bridgehead atoms. The Morgan fingerprint density at radius 2 is 1.56 bits per heavy atom. The minimum Gasteiger partial charge on any atom is -0.462 e. The molecule has 0 fully saturated rings. The molecule has 36 heavy (non-hydrogen) atoms. The molecule has 0 aromatic heterocycles. The summed E-state index contributed by atoms with van der Waals surface area (Å²) in [5.41, 5.74) is 3.20. The predicted octanol–water partition coefficient (Wildman–Crippen LogP) is 6.09. The van der Waals surface area contributed by atoms with Gasteiger partial charge in [-0.3, -0.25) is 4.31 Å². The first-order valence-corrected chi connectivity index (χ1v) is 13.6. The van der Waals surface area contributed by atoms with E-state index in [0.29, 0.717) is 5.70 Å². The van der Waals surface area contributed by atoms with E-state index < -0.39 is 28.0 Å². The molecular formula is C30H31NO4S. The van der Waals surface area contributed by atoms with Crippen LogP contribution >= 0.6 is 0 Å². The highest BCUT2D eigenvalue weighted by molar-refractivity contribution is 7.89. The summed E-state index contributed by atoms with van der Waals surface area (Å²) < 4.78 is 35.2. The standard InChI is InChI=1S/C30H31NO4S/c1-4-5-20-35-30(32)23(3)29-27(24-12-8-6-9-13-24)21-28(25-14-10-7-11-15-25)31(29)36(33,34)26-18-16-22(2)17-19-26/h6-19,21,27,29H,3-5,20H2,1-2H3/t27-,29-/m1/s1. The Balaban J connectivity index is 1.88. The average molecular weight is 502 g/mol. The summed E-state index contributed by atoms with van der Waals surface area (Å²) in [6, 6.07) is 24.8. The van der Waals surface area contributed by atoms with Gasteiger partial charge in [0.1, 0.15) is 0 Å². The minimum atomic E-state index is -4.05. The average Bonchev–Trinajstić information content (AvgIpc) is 3.31. The van der Waals surface area contributed by atoms with Crippen molar-refractivity contribution in [1.82, 2.24) is 4.31 Å². The zero-order valence-corrected chi connectivity index (χ0v) is 21.4. The Bertz CT molecular complexity index is 1350. The highest BCUT2D eigenvalue weighted by Crippen LogP contribution is 2.45. The third kappa shape index (κ3) is 5.14. The van der Waals surface area contributed by atoms with Gasteiger partial charge in [0, 0.05) is 5.92 Å². The molecule has 1 aliphatic heterocycles. The second-order valence-electron chi connectivity index (χ2n) is 8.93. The minimum absolute atomic E-state index is 0.109. The molecule has 1 aliphatic rings. The van der Waals surface area contributed by atoms with Crippen molar-refractivity contribution in [2.24, 2.45) is 0 Å². The number of esters is 1. The van der Waals surface area contributed by atoms with Gasteiger partial charge in [-0.1, -0.05) is 98.3 Å². The van der Waals surface area contributed by atoms with Crippen molar-refractivity contribution in [3.8, 4) is 0 Å². The fraction of sp³-hybridized carbons (Fsp3) is 0.233. The zero-order chi connectivity index (χ0) is 25.7. The molecular weight excluding hydrogens is 470 g/mol. The van der Waals surface area contributed by atoms with Gasteiger partial charge < -0.3 is 4.74 Å². The number of benzene rings is 3. The maximum absolute atomic E-state index is 14.2. The summed E-state index contributed by atoms with van der Waals surface area (Å²) in [7, 11) is -4.05. The predicted molar refractivity (Wildman–Crippen MR) is 143 cm³/mol. The van der Waals surface area contributed by atoms with Gasteiger partial charge in [0.2, 0.25) is 0 Å². The van der Waals surface area contributed by atoms with Crippen LogP contribution in [0.5, 0.6) is 0 Å². The van der Waals surface area contributed by atoms with Crippen LogP contribution in [0.3, 0.4) is 0 Å². The lowest BCUT2D eigenvalue weighted by molar-refractivity contribution is -0.139. The van der Waals surface area contributed by atoms with E-state index in [2.05, 4.69) is 6.58 Å². The Labute approximate surface area is 213 Å². The van der Waals surface area contributed by atoms with Crippen LogP contribution in [-0.4, -0.2) is 31.3 Å². The first-order valence-electron chi connectivity index (χ1n) is 12.1. The molecule has 3 aromatic rings. The number of rotatable bonds is 9. The second kappa shape index (κ2) is 11.0. The Morgan fingerprint density at radius 3 is 2.17 bits per heavy atom. The van der Waals surface area contributed by atoms with Crippen molar-refractivity contribution in [2.75, 3.05) is 6.61 Å². The van der Waals surface area contributed by atoms with Crippen molar-refractivity contribution in [1.29, 1.82) is 0 Å². The van der Waals surface area contributed by atoms with Gasteiger partial charge in [-0.15, -0.1) is 0 Å². The SMILES string of the molecule is C=C(C(=O)OCCCC)[C@@H]1[C@@H](c2ccccc2)C=C(c2ccccc2)N1S(=O)(=O)c1ccc(C)cc1. The monoisotopic (exact) mass is 501 g/mol. The number of hydrogen-bond acceptors (Lipinski definition) is 4. The fourth-order valence-electron chi connectivity index (χ4n) is 4.40. The van der Waals surface area contributed by atoms with Crippen LogP contribution in [0.2, 0.25) is 0 Å². The van der Waals surface area contributed by atoms with Crippen molar-refractivity contribution in [2.45, 2.75) is 43.5 Å². The van der Waals surface area contributed by atoms with Crippen molar-refractivity contribution < 1.29 is 17.9 Å². The molecule has 3 aromatic carbocycles. The summed E-state index contributed by atoms with van der Waals surface area (Å²) in [5.74, 6) is -1.01. The number of hydrogen-bond donors (Lipinski definition) is 0. The summed E-state index contributed by atoms with van der Waals surface area (Å²) in [4.78, 5) is 13.3. The molecule has 186 valence electrons. The first-order chi connectivity index (χ1) is 17.3. The number of carbonyl (C=O) groups is 1. The fourth-order valence-corrected chi connectivity index (χ4v) is 6.09. The van der Waals surface area contributed by atoms with Gasteiger partial charge in [0.15, 0.2) is 0 Å².